The largest absolute Gasteiger partial charge is 0.480 e. The molecule has 2 heterocycles. The van der Waals surface area contributed by atoms with E-state index in [1.807, 2.05) is 33.9 Å². The van der Waals surface area contributed by atoms with Crippen LogP contribution in [0.5, 0.6) is 0 Å². The molecule has 0 bridgehead atoms. The number of hydrogen-bond acceptors (Lipinski definition) is 8. The zero-order valence-corrected chi connectivity index (χ0v) is 22.0. The van der Waals surface area contributed by atoms with Gasteiger partial charge in [0.2, 0.25) is 11.7 Å². The maximum absolute atomic E-state index is 12.2. The monoisotopic (exact) mass is 503 g/mol. The van der Waals surface area contributed by atoms with Crippen LogP contribution in [0, 0.1) is 0 Å². The van der Waals surface area contributed by atoms with Gasteiger partial charge in [0, 0.05) is 6.92 Å². The van der Waals surface area contributed by atoms with Crippen LogP contribution in [-0.4, -0.2) is 85.8 Å². The molecule has 11 nitrogen and oxygen atoms in total. The number of carboxylic acids is 2. The Morgan fingerprint density at radius 2 is 1.88 bits per heavy atom. The number of rotatable bonds is 9. The van der Waals surface area contributed by atoms with Crippen molar-refractivity contribution in [2.75, 3.05) is 13.2 Å². The zero-order valence-electron chi connectivity index (χ0n) is 21.0. The molecule has 5 unspecified atom stereocenters. The van der Waals surface area contributed by atoms with Crippen molar-refractivity contribution in [1.29, 1.82) is 0 Å². The molecule has 0 aliphatic carbocycles. The summed E-state index contributed by atoms with van der Waals surface area (Å²) in [5, 5.41) is 21.5. The first-order valence-electron chi connectivity index (χ1n) is 11.2. The second-order valence-electron chi connectivity index (χ2n) is 10.5. The van der Waals surface area contributed by atoms with Gasteiger partial charge in [-0.3, -0.25) is 4.79 Å². The minimum absolute atomic E-state index is 0.0593. The molecule has 2 aliphatic rings. The molecule has 0 aromatic rings. The fourth-order valence-corrected chi connectivity index (χ4v) is 4.82. The van der Waals surface area contributed by atoms with Crippen LogP contribution in [0.3, 0.4) is 0 Å². The van der Waals surface area contributed by atoms with Crippen LogP contribution in [0.15, 0.2) is 11.8 Å². The molecule has 0 spiro atoms. The molecule has 0 saturated carbocycles. The van der Waals surface area contributed by atoms with Crippen molar-refractivity contribution in [1.82, 2.24) is 5.32 Å². The highest BCUT2D eigenvalue weighted by Crippen LogP contribution is 2.40. The van der Waals surface area contributed by atoms with Crippen LogP contribution in [0.2, 0.25) is 18.1 Å². The fourth-order valence-electron chi connectivity index (χ4n) is 3.57. The predicted octanol–water partition coefficient (Wildman–Crippen LogP) is 1.87. The minimum atomic E-state index is -2.44. The highest BCUT2D eigenvalue weighted by atomic mass is 28.4. The van der Waals surface area contributed by atoms with E-state index in [1.54, 1.807) is 13.8 Å². The van der Waals surface area contributed by atoms with Crippen molar-refractivity contribution in [2.24, 2.45) is 0 Å². The van der Waals surface area contributed by atoms with E-state index in [-0.39, 0.29) is 17.4 Å². The lowest BCUT2D eigenvalue weighted by atomic mass is 9.93. The van der Waals surface area contributed by atoms with Gasteiger partial charge < -0.3 is 38.9 Å². The third-order valence-corrected chi connectivity index (χ3v) is 10.7. The molecule has 1 amide bonds. The molecule has 34 heavy (non-hydrogen) atoms. The van der Waals surface area contributed by atoms with Gasteiger partial charge in [0.1, 0.15) is 18.8 Å². The molecule has 0 aromatic heterocycles. The highest BCUT2D eigenvalue weighted by molar-refractivity contribution is 6.74. The molecule has 0 radical (unpaired) electrons. The first-order valence-corrected chi connectivity index (χ1v) is 14.1. The van der Waals surface area contributed by atoms with E-state index in [1.165, 1.54) is 13.0 Å². The van der Waals surface area contributed by atoms with Crippen LogP contribution in [-0.2, 0) is 37.8 Å². The summed E-state index contributed by atoms with van der Waals surface area (Å²) in [4.78, 5) is 35.4. The third-order valence-electron chi connectivity index (χ3n) is 6.22. The summed E-state index contributed by atoms with van der Waals surface area (Å²) in [6, 6.07) is -0.874. The van der Waals surface area contributed by atoms with Crippen molar-refractivity contribution in [3.63, 3.8) is 0 Å². The lowest BCUT2D eigenvalue weighted by Gasteiger charge is -2.45. The van der Waals surface area contributed by atoms with E-state index >= 15 is 0 Å². The highest BCUT2D eigenvalue weighted by Gasteiger charge is 2.51. The maximum atomic E-state index is 12.2. The summed E-state index contributed by atoms with van der Waals surface area (Å²) < 4.78 is 29.5. The summed E-state index contributed by atoms with van der Waals surface area (Å²) in [7, 11) is -2.44. The van der Waals surface area contributed by atoms with Gasteiger partial charge in [-0.2, -0.15) is 0 Å². The van der Waals surface area contributed by atoms with Crippen LogP contribution in [0.25, 0.3) is 0 Å². The standard InChI is InChI=1S/C22H37NO10Si/c1-12(24)23-17-13(33-34(7,8)21(2,3)4)9-14(20(27)28)31-19(17)18(29-11-16(25)26)15-10-30-22(5,6)32-15/h9,13,15,17-19H,10-11H2,1-8H3,(H,23,24)(H,25,26)(H,27,28). The van der Waals surface area contributed by atoms with E-state index in [2.05, 4.69) is 5.32 Å². The fraction of sp³-hybridized carbons (Fsp3) is 0.773. The van der Waals surface area contributed by atoms with E-state index < -0.39 is 69.0 Å². The summed E-state index contributed by atoms with van der Waals surface area (Å²) in [6.07, 6.45) is -2.51. The Labute approximate surface area is 200 Å². The Morgan fingerprint density at radius 1 is 1.26 bits per heavy atom. The van der Waals surface area contributed by atoms with Gasteiger partial charge >= 0.3 is 11.9 Å². The summed E-state index contributed by atoms with van der Waals surface area (Å²) in [5.41, 5.74) is 0. The molecular weight excluding hydrogens is 466 g/mol. The normalized spacial score (nSPS) is 27.9. The van der Waals surface area contributed by atoms with E-state index in [4.69, 9.17) is 23.4 Å². The van der Waals surface area contributed by atoms with Crippen LogP contribution in [0.1, 0.15) is 41.5 Å². The lowest BCUT2D eigenvalue weighted by Crippen LogP contribution is -2.63. The first-order chi connectivity index (χ1) is 15.4. The van der Waals surface area contributed by atoms with Crippen molar-refractivity contribution in [2.45, 2.75) is 95.9 Å². The van der Waals surface area contributed by atoms with E-state index in [0.717, 1.165) is 0 Å². The summed E-state index contributed by atoms with van der Waals surface area (Å²) in [6.45, 7) is 14.2. The smallest absolute Gasteiger partial charge is 0.370 e. The lowest BCUT2D eigenvalue weighted by molar-refractivity contribution is -0.186. The Hall–Kier alpha value is -1.99. The van der Waals surface area contributed by atoms with Crippen LogP contribution < -0.4 is 5.32 Å². The Morgan fingerprint density at radius 3 is 2.32 bits per heavy atom. The van der Waals surface area contributed by atoms with Crippen molar-refractivity contribution in [3.8, 4) is 0 Å². The molecule has 194 valence electrons. The molecule has 2 rings (SSSR count). The topological polar surface area (TPSA) is 150 Å². The average molecular weight is 504 g/mol. The second-order valence-corrected chi connectivity index (χ2v) is 15.3. The number of nitrogens with one attached hydrogen (secondary N) is 1. The Balaban J connectivity index is 2.53. The van der Waals surface area contributed by atoms with Gasteiger partial charge in [0.15, 0.2) is 20.2 Å². The third kappa shape index (κ3) is 7.01. The van der Waals surface area contributed by atoms with Gasteiger partial charge in [-0.25, -0.2) is 9.59 Å². The van der Waals surface area contributed by atoms with Crippen molar-refractivity contribution in [3.05, 3.63) is 11.8 Å². The quantitative estimate of drug-likeness (QED) is 0.398. The van der Waals surface area contributed by atoms with Gasteiger partial charge in [-0.1, -0.05) is 20.8 Å². The molecule has 5 atom stereocenters. The number of amides is 1. The molecule has 3 N–H and O–H groups in total. The molecule has 1 fully saturated rings. The van der Waals surface area contributed by atoms with Gasteiger partial charge in [0.25, 0.3) is 0 Å². The number of hydrogen-bond donors (Lipinski definition) is 3. The number of carbonyl (C=O) groups is 3. The summed E-state index contributed by atoms with van der Waals surface area (Å²) in [5.74, 6) is -4.28. The van der Waals surface area contributed by atoms with Crippen LogP contribution in [0.4, 0.5) is 0 Å². The molecule has 0 aromatic carbocycles. The maximum Gasteiger partial charge on any atom is 0.370 e. The Bertz CT molecular complexity index is 819. The number of carboxylic acid groups (broad SMARTS) is 2. The van der Waals surface area contributed by atoms with Gasteiger partial charge in [0.05, 0.1) is 18.8 Å². The van der Waals surface area contributed by atoms with E-state index in [9.17, 15) is 24.6 Å². The van der Waals surface area contributed by atoms with Crippen molar-refractivity contribution < 1.29 is 48.0 Å². The van der Waals surface area contributed by atoms with Crippen LogP contribution >= 0.6 is 0 Å². The van der Waals surface area contributed by atoms with E-state index in [0.29, 0.717) is 0 Å². The zero-order chi connectivity index (χ0) is 26.1. The minimum Gasteiger partial charge on any atom is -0.480 e. The number of ether oxygens (including phenoxy) is 4. The van der Waals surface area contributed by atoms with Gasteiger partial charge in [-0.15, -0.1) is 0 Å². The average Bonchev–Trinajstić information content (AvgIpc) is 3.01. The summed E-state index contributed by atoms with van der Waals surface area (Å²) >= 11 is 0. The SMILES string of the molecule is CC(=O)NC1C(O[Si](C)(C)C(C)(C)C)C=C(C(=O)O)OC1C(OCC(=O)O)C1COC(C)(C)O1. The Kier molecular flexibility index (Phi) is 8.58. The van der Waals surface area contributed by atoms with Crippen molar-refractivity contribution >= 4 is 26.2 Å². The molecule has 2 aliphatic heterocycles. The second kappa shape index (κ2) is 10.3. The predicted molar refractivity (Wildman–Crippen MR) is 123 cm³/mol. The van der Waals surface area contributed by atoms with Gasteiger partial charge in [-0.05, 0) is 38.1 Å². The molecular formula is C22H37NO10Si. The molecule has 1 saturated heterocycles. The number of aliphatic carboxylic acids is 2. The molecule has 12 heteroatoms. The number of carbonyl (C=O) groups excluding carboxylic acids is 1. The first kappa shape index (κ1) is 28.2.